The molecule has 0 aromatic heterocycles. The second-order valence-corrected chi connectivity index (χ2v) is 7.92. The monoisotopic (exact) mass is 366 g/mol. The SMILES string of the molecule is CCOc1ccc(NC(=O)CN2C(=O)[C@@H]3[C@H]4C=C[C@@H]([C@@H]5C[C@H]45)[C@H]3C2=O)cc1. The Balaban J connectivity index is 1.27. The normalized spacial score (nSPS) is 35.1. The van der Waals surface area contributed by atoms with E-state index in [2.05, 4.69) is 17.5 Å². The van der Waals surface area contributed by atoms with Gasteiger partial charge in [-0.2, -0.15) is 0 Å². The van der Waals surface area contributed by atoms with Crippen LogP contribution >= 0.6 is 0 Å². The Morgan fingerprint density at radius 1 is 1.07 bits per heavy atom. The highest BCUT2D eigenvalue weighted by Crippen LogP contribution is 2.65. The lowest BCUT2D eigenvalue weighted by molar-refractivity contribution is -0.142. The van der Waals surface area contributed by atoms with Crippen molar-refractivity contribution in [2.75, 3.05) is 18.5 Å². The zero-order valence-corrected chi connectivity index (χ0v) is 15.1. The molecule has 0 spiro atoms. The number of carbonyl (C=O) groups excluding carboxylic acids is 3. The third-order valence-corrected chi connectivity index (χ3v) is 6.50. The van der Waals surface area contributed by atoms with Crippen molar-refractivity contribution in [1.82, 2.24) is 4.90 Å². The molecule has 27 heavy (non-hydrogen) atoms. The van der Waals surface area contributed by atoms with E-state index in [1.54, 1.807) is 24.3 Å². The van der Waals surface area contributed by atoms with Crippen molar-refractivity contribution in [1.29, 1.82) is 0 Å². The summed E-state index contributed by atoms with van der Waals surface area (Å²) in [7, 11) is 0. The van der Waals surface area contributed by atoms with E-state index < -0.39 is 0 Å². The number of ether oxygens (including phenoxy) is 1. The molecule has 6 nitrogen and oxygen atoms in total. The molecule has 5 aliphatic rings. The van der Waals surface area contributed by atoms with Gasteiger partial charge in [0.1, 0.15) is 12.3 Å². The summed E-state index contributed by atoms with van der Waals surface area (Å²) in [5.74, 6) is 1.01. The van der Waals surface area contributed by atoms with Crippen LogP contribution in [0.25, 0.3) is 0 Å². The van der Waals surface area contributed by atoms with Gasteiger partial charge in [0.25, 0.3) is 0 Å². The maximum atomic E-state index is 12.9. The van der Waals surface area contributed by atoms with Crippen LogP contribution in [0.4, 0.5) is 5.69 Å². The van der Waals surface area contributed by atoms with Gasteiger partial charge in [-0.25, -0.2) is 0 Å². The van der Waals surface area contributed by atoms with Gasteiger partial charge in [0.05, 0.1) is 18.4 Å². The average Bonchev–Trinajstić information content (AvgIpc) is 3.45. The number of amides is 3. The van der Waals surface area contributed by atoms with Gasteiger partial charge in [0.15, 0.2) is 0 Å². The first-order valence-electron chi connectivity index (χ1n) is 9.64. The molecule has 1 N–H and O–H groups in total. The van der Waals surface area contributed by atoms with E-state index in [-0.39, 0.29) is 47.9 Å². The highest BCUT2D eigenvalue weighted by Gasteiger charge is 2.67. The fourth-order valence-corrected chi connectivity index (χ4v) is 5.32. The highest BCUT2D eigenvalue weighted by molar-refractivity contribution is 6.09. The van der Waals surface area contributed by atoms with Crippen LogP contribution in [-0.2, 0) is 14.4 Å². The molecule has 3 amide bonds. The number of hydrogen-bond acceptors (Lipinski definition) is 4. The Morgan fingerprint density at radius 2 is 1.67 bits per heavy atom. The molecule has 6 heteroatoms. The molecule has 2 saturated carbocycles. The third-order valence-electron chi connectivity index (χ3n) is 6.50. The number of anilines is 1. The molecule has 4 aliphatic carbocycles. The van der Waals surface area contributed by atoms with Crippen molar-refractivity contribution in [3.8, 4) is 5.75 Å². The number of hydrogen-bond donors (Lipinski definition) is 1. The van der Waals surface area contributed by atoms with Gasteiger partial charge in [-0.15, -0.1) is 0 Å². The summed E-state index contributed by atoms with van der Waals surface area (Å²) in [6.07, 6.45) is 5.40. The van der Waals surface area contributed by atoms with Crippen LogP contribution in [0.1, 0.15) is 13.3 Å². The maximum Gasteiger partial charge on any atom is 0.244 e. The molecule has 3 fully saturated rings. The van der Waals surface area contributed by atoms with Crippen LogP contribution < -0.4 is 10.1 Å². The van der Waals surface area contributed by atoms with Crippen LogP contribution in [0.5, 0.6) is 5.75 Å². The third kappa shape index (κ3) is 2.50. The maximum absolute atomic E-state index is 12.9. The van der Waals surface area contributed by atoms with E-state index in [0.29, 0.717) is 24.1 Å². The molecular weight excluding hydrogens is 344 g/mol. The van der Waals surface area contributed by atoms with Crippen molar-refractivity contribution in [2.45, 2.75) is 13.3 Å². The molecule has 6 atom stereocenters. The largest absolute Gasteiger partial charge is 0.494 e. The summed E-state index contributed by atoms with van der Waals surface area (Å²) in [6, 6.07) is 7.03. The Kier molecular flexibility index (Phi) is 3.64. The van der Waals surface area contributed by atoms with Gasteiger partial charge in [-0.05, 0) is 61.3 Å². The van der Waals surface area contributed by atoms with Crippen LogP contribution in [-0.4, -0.2) is 35.8 Å². The summed E-state index contributed by atoms with van der Waals surface area (Å²) >= 11 is 0. The summed E-state index contributed by atoms with van der Waals surface area (Å²) < 4.78 is 5.38. The number of rotatable bonds is 5. The lowest BCUT2D eigenvalue weighted by atomic mass is 9.63. The van der Waals surface area contributed by atoms with Crippen molar-refractivity contribution in [3.05, 3.63) is 36.4 Å². The number of benzene rings is 1. The first-order chi connectivity index (χ1) is 13.1. The van der Waals surface area contributed by atoms with Crippen LogP contribution in [0.15, 0.2) is 36.4 Å². The Bertz CT molecular complexity index is 810. The fourth-order valence-electron chi connectivity index (χ4n) is 5.32. The minimum Gasteiger partial charge on any atom is -0.494 e. The molecule has 6 rings (SSSR count). The quantitative estimate of drug-likeness (QED) is 0.639. The van der Waals surface area contributed by atoms with Gasteiger partial charge in [-0.3, -0.25) is 19.3 Å². The predicted molar refractivity (Wildman–Crippen MR) is 97.7 cm³/mol. The molecule has 1 aromatic carbocycles. The first kappa shape index (κ1) is 16.5. The van der Waals surface area contributed by atoms with Gasteiger partial charge >= 0.3 is 0 Å². The Hall–Kier alpha value is -2.63. The summed E-state index contributed by atoms with van der Waals surface area (Å²) in [6.45, 7) is 2.26. The smallest absolute Gasteiger partial charge is 0.244 e. The number of nitrogens with zero attached hydrogens (tertiary/aromatic N) is 1. The molecule has 0 unspecified atom stereocenters. The number of allylic oxidation sites excluding steroid dienone is 2. The Labute approximate surface area is 157 Å². The summed E-state index contributed by atoms with van der Waals surface area (Å²) in [5.41, 5.74) is 0.614. The van der Waals surface area contributed by atoms with Crippen LogP contribution in [0, 0.1) is 35.5 Å². The molecule has 0 radical (unpaired) electrons. The number of imide groups is 1. The fraction of sp³-hybridized carbons (Fsp3) is 0.476. The second-order valence-electron chi connectivity index (χ2n) is 7.92. The lowest BCUT2D eigenvalue weighted by Gasteiger charge is -2.37. The number of carbonyl (C=O) groups is 3. The second kappa shape index (κ2) is 5.94. The summed E-state index contributed by atoms with van der Waals surface area (Å²) in [4.78, 5) is 39.4. The van der Waals surface area contributed by atoms with Crippen LogP contribution in [0.3, 0.4) is 0 Å². The topological polar surface area (TPSA) is 75.7 Å². The molecule has 1 aromatic rings. The molecule has 1 heterocycles. The van der Waals surface area contributed by atoms with Crippen molar-refractivity contribution >= 4 is 23.4 Å². The molecular formula is C21H22N2O4. The average molecular weight is 366 g/mol. The van der Waals surface area contributed by atoms with Crippen molar-refractivity contribution in [3.63, 3.8) is 0 Å². The molecule has 1 aliphatic heterocycles. The zero-order valence-electron chi connectivity index (χ0n) is 15.1. The lowest BCUT2D eigenvalue weighted by Crippen LogP contribution is -2.40. The van der Waals surface area contributed by atoms with E-state index in [0.717, 1.165) is 12.2 Å². The summed E-state index contributed by atoms with van der Waals surface area (Å²) in [5, 5.41) is 2.76. The highest BCUT2D eigenvalue weighted by atomic mass is 16.5. The number of likely N-dealkylation sites (tertiary alicyclic amines) is 1. The van der Waals surface area contributed by atoms with Crippen molar-refractivity contribution in [2.24, 2.45) is 35.5 Å². The number of nitrogens with one attached hydrogen (secondary N) is 1. The Morgan fingerprint density at radius 3 is 2.22 bits per heavy atom. The van der Waals surface area contributed by atoms with Gasteiger partial charge in [0.2, 0.25) is 17.7 Å². The predicted octanol–water partition coefficient (Wildman–Crippen LogP) is 2.08. The zero-order chi connectivity index (χ0) is 18.7. The van der Waals surface area contributed by atoms with E-state index >= 15 is 0 Å². The van der Waals surface area contributed by atoms with Gasteiger partial charge in [0, 0.05) is 5.69 Å². The molecule has 1 saturated heterocycles. The minimum atomic E-state index is -0.357. The van der Waals surface area contributed by atoms with E-state index in [1.165, 1.54) is 4.90 Å². The first-order valence-corrected chi connectivity index (χ1v) is 9.64. The molecule has 2 bridgehead atoms. The van der Waals surface area contributed by atoms with Gasteiger partial charge in [-0.1, -0.05) is 12.2 Å². The van der Waals surface area contributed by atoms with Crippen LogP contribution in [0.2, 0.25) is 0 Å². The van der Waals surface area contributed by atoms with E-state index in [1.807, 2.05) is 6.92 Å². The molecule has 140 valence electrons. The van der Waals surface area contributed by atoms with E-state index in [4.69, 9.17) is 4.74 Å². The van der Waals surface area contributed by atoms with Gasteiger partial charge < -0.3 is 10.1 Å². The minimum absolute atomic E-state index is 0.170. The van der Waals surface area contributed by atoms with Crippen molar-refractivity contribution < 1.29 is 19.1 Å². The van der Waals surface area contributed by atoms with E-state index in [9.17, 15) is 14.4 Å². The standard InChI is InChI=1S/C21H22N2O4/c1-2-27-12-5-3-11(4-6-12)22-17(24)10-23-20(25)18-13-7-8-14(16-9-15(13)16)19(18)21(23)26/h3-8,13-16,18-19H,2,9-10H2,1H3,(H,22,24)/t13-,14-,15-,16+,18+,19+/m0/s1.